The van der Waals surface area contributed by atoms with Crippen LogP contribution in [0.3, 0.4) is 0 Å². The third-order valence-corrected chi connectivity index (χ3v) is 4.55. The summed E-state index contributed by atoms with van der Waals surface area (Å²) < 4.78 is 11.5. The lowest BCUT2D eigenvalue weighted by Gasteiger charge is -2.34. The number of hydrogen-bond acceptors (Lipinski definition) is 3. The maximum Gasteiger partial charge on any atom is 0.306 e. The first-order chi connectivity index (χ1) is 11.2. The minimum atomic E-state index is -0.449. The first-order valence-electron chi connectivity index (χ1n) is 9.89. The highest BCUT2D eigenvalue weighted by molar-refractivity contribution is 6.14. The number of hydrogen-bond donors (Lipinski definition) is 0. The van der Waals surface area contributed by atoms with E-state index in [4.69, 9.17) is 17.3 Å². The maximum absolute atomic E-state index is 11.7. The lowest BCUT2D eigenvalue weighted by Crippen LogP contribution is -2.36. The molecule has 4 heteroatoms. The Morgan fingerprint density at radius 1 is 1.04 bits per heavy atom. The Morgan fingerprint density at radius 2 is 1.58 bits per heavy atom. The maximum atomic E-state index is 11.7. The molecule has 1 aliphatic carbocycles. The molecular weight excluding hydrogens is 299 g/mol. The molecule has 0 saturated heterocycles. The Balaban J connectivity index is 2.24. The van der Waals surface area contributed by atoms with Gasteiger partial charge >= 0.3 is 5.97 Å². The summed E-state index contributed by atoms with van der Waals surface area (Å²) >= 11 is 0. The molecule has 1 fully saturated rings. The van der Waals surface area contributed by atoms with Gasteiger partial charge in [-0.1, -0.05) is 44.9 Å². The molecule has 3 nitrogen and oxygen atoms in total. The molecule has 1 aliphatic rings. The molecular formula is C20H37BO3. The normalized spacial score (nSPS) is 20.5. The van der Waals surface area contributed by atoms with Crippen molar-refractivity contribution in [3.05, 3.63) is 0 Å². The number of carbonyl (C=O) groups excluding carboxylic acids is 1. The molecule has 1 saturated carbocycles. The van der Waals surface area contributed by atoms with Gasteiger partial charge in [-0.3, -0.25) is 4.79 Å². The van der Waals surface area contributed by atoms with E-state index >= 15 is 0 Å². The summed E-state index contributed by atoms with van der Waals surface area (Å²) in [5, 5.41) is 0. The summed E-state index contributed by atoms with van der Waals surface area (Å²) in [7, 11) is 6.52. The molecule has 0 heterocycles. The fourth-order valence-electron chi connectivity index (χ4n) is 3.35. The van der Waals surface area contributed by atoms with Crippen LogP contribution in [0.5, 0.6) is 0 Å². The van der Waals surface area contributed by atoms with Gasteiger partial charge < -0.3 is 9.47 Å². The highest BCUT2D eigenvalue weighted by Gasteiger charge is 2.26. The Kier molecular flexibility index (Phi) is 9.40. The highest BCUT2D eigenvalue weighted by Crippen LogP contribution is 2.28. The zero-order valence-electron chi connectivity index (χ0n) is 16.4. The van der Waals surface area contributed by atoms with Crippen molar-refractivity contribution in [2.24, 2.45) is 0 Å². The Labute approximate surface area is 150 Å². The number of unbranched alkanes of at least 4 members (excludes halogenated alkanes) is 1. The first-order valence-corrected chi connectivity index (χ1v) is 9.89. The van der Waals surface area contributed by atoms with Gasteiger partial charge in [0, 0.05) is 11.9 Å². The summed E-state index contributed by atoms with van der Waals surface area (Å²) in [6.07, 6.45) is 12.9. The minimum absolute atomic E-state index is 0.109. The lowest BCUT2D eigenvalue weighted by molar-refractivity contribution is -0.155. The van der Waals surface area contributed by atoms with Crippen LogP contribution in [0.15, 0.2) is 0 Å². The van der Waals surface area contributed by atoms with Crippen molar-refractivity contribution in [3.63, 3.8) is 0 Å². The van der Waals surface area contributed by atoms with E-state index in [-0.39, 0.29) is 12.1 Å². The molecule has 1 atom stereocenters. The molecule has 0 amide bonds. The molecule has 1 unspecified atom stereocenters. The monoisotopic (exact) mass is 336 g/mol. The molecule has 2 radical (unpaired) electrons. The van der Waals surface area contributed by atoms with Crippen molar-refractivity contribution >= 4 is 13.8 Å². The van der Waals surface area contributed by atoms with Gasteiger partial charge in [0.15, 0.2) is 0 Å². The average molecular weight is 336 g/mol. The second-order valence-electron chi connectivity index (χ2n) is 8.45. The summed E-state index contributed by atoms with van der Waals surface area (Å²) in [4.78, 5) is 11.7. The molecule has 0 N–H and O–H groups in total. The van der Waals surface area contributed by atoms with Crippen LogP contribution < -0.4 is 0 Å². The van der Waals surface area contributed by atoms with E-state index in [9.17, 15) is 4.79 Å². The Hall–Kier alpha value is -0.505. The third kappa shape index (κ3) is 10.4. The zero-order valence-corrected chi connectivity index (χ0v) is 16.4. The summed E-state index contributed by atoms with van der Waals surface area (Å²) in [5.74, 6) is -0.109. The Bertz CT molecular complexity index is 352. The van der Waals surface area contributed by atoms with Crippen molar-refractivity contribution in [1.29, 1.82) is 0 Å². The minimum Gasteiger partial charge on any atom is -0.460 e. The van der Waals surface area contributed by atoms with Crippen molar-refractivity contribution < 1.29 is 14.3 Å². The number of ether oxygens (including phenoxy) is 2. The van der Waals surface area contributed by atoms with E-state index in [1.165, 1.54) is 38.5 Å². The first kappa shape index (κ1) is 21.5. The van der Waals surface area contributed by atoms with Gasteiger partial charge in [0.1, 0.15) is 13.4 Å². The quantitative estimate of drug-likeness (QED) is 0.360. The van der Waals surface area contributed by atoms with Crippen molar-refractivity contribution in [3.8, 4) is 0 Å². The highest BCUT2D eigenvalue weighted by atomic mass is 16.6. The van der Waals surface area contributed by atoms with Crippen LogP contribution in [0.1, 0.15) is 105 Å². The van der Waals surface area contributed by atoms with E-state index in [0.29, 0.717) is 6.42 Å². The van der Waals surface area contributed by atoms with E-state index in [0.717, 1.165) is 32.1 Å². The second-order valence-corrected chi connectivity index (χ2v) is 8.45. The molecule has 1 rings (SSSR count). The standard InChI is InChI=1S/C20H37BO3/c1-17(13-9-10-14-18(22)24-19(2,3)4)23-20(21)15-11-7-5-6-8-12-16-20/h17H,5-16H2,1-4H3. The largest absolute Gasteiger partial charge is 0.460 e. The summed E-state index contributed by atoms with van der Waals surface area (Å²) in [5.41, 5.74) is -0.842. The van der Waals surface area contributed by atoms with Gasteiger partial charge in [0.05, 0.1) is 6.10 Å². The predicted octanol–water partition coefficient (Wildman–Crippen LogP) is 5.29. The number of rotatable bonds is 7. The van der Waals surface area contributed by atoms with Gasteiger partial charge in [0.25, 0.3) is 0 Å². The summed E-state index contributed by atoms with van der Waals surface area (Å²) in [6, 6.07) is 0. The molecule has 0 aromatic rings. The molecule has 0 aromatic heterocycles. The van der Waals surface area contributed by atoms with Crippen molar-refractivity contribution in [2.45, 2.75) is 122 Å². The SMILES string of the molecule is [B]C1(OC(C)CCCCC(=O)OC(C)(C)C)CCCCCCCC1. The summed E-state index contributed by atoms with van der Waals surface area (Å²) in [6.45, 7) is 7.81. The number of carbonyl (C=O) groups is 1. The molecule has 24 heavy (non-hydrogen) atoms. The number of esters is 1. The van der Waals surface area contributed by atoms with E-state index < -0.39 is 11.1 Å². The molecule has 0 bridgehead atoms. The predicted molar refractivity (Wildman–Crippen MR) is 100 cm³/mol. The smallest absolute Gasteiger partial charge is 0.306 e. The van der Waals surface area contributed by atoms with E-state index in [2.05, 4.69) is 6.92 Å². The van der Waals surface area contributed by atoms with Gasteiger partial charge in [0.2, 0.25) is 0 Å². The van der Waals surface area contributed by atoms with Crippen LogP contribution in [-0.2, 0) is 14.3 Å². The van der Waals surface area contributed by atoms with Crippen LogP contribution in [0.2, 0.25) is 0 Å². The molecule has 0 spiro atoms. The van der Waals surface area contributed by atoms with Gasteiger partial charge in [-0.2, -0.15) is 0 Å². The Morgan fingerprint density at radius 3 is 2.12 bits per heavy atom. The molecule has 138 valence electrons. The fourth-order valence-corrected chi connectivity index (χ4v) is 3.35. The average Bonchev–Trinajstić information content (AvgIpc) is 2.54. The second kappa shape index (κ2) is 10.5. The van der Waals surface area contributed by atoms with Gasteiger partial charge in [-0.25, -0.2) is 0 Å². The molecule has 0 aromatic carbocycles. The van der Waals surface area contributed by atoms with Crippen LogP contribution >= 0.6 is 0 Å². The van der Waals surface area contributed by atoms with Crippen LogP contribution in [0, 0.1) is 0 Å². The van der Waals surface area contributed by atoms with E-state index in [1.54, 1.807) is 0 Å². The van der Waals surface area contributed by atoms with Gasteiger partial charge in [-0.05, 0) is 53.4 Å². The topological polar surface area (TPSA) is 35.5 Å². The molecule has 0 aliphatic heterocycles. The third-order valence-electron chi connectivity index (χ3n) is 4.55. The van der Waals surface area contributed by atoms with Crippen molar-refractivity contribution in [2.75, 3.05) is 0 Å². The van der Waals surface area contributed by atoms with Crippen LogP contribution in [0.4, 0.5) is 0 Å². The van der Waals surface area contributed by atoms with E-state index in [1.807, 2.05) is 20.8 Å². The van der Waals surface area contributed by atoms with Crippen LogP contribution in [-0.4, -0.2) is 31.0 Å². The van der Waals surface area contributed by atoms with Gasteiger partial charge in [-0.15, -0.1) is 0 Å². The lowest BCUT2D eigenvalue weighted by atomic mass is 9.73. The van der Waals surface area contributed by atoms with Crippen LogP contribution in [0.25, 0.3) is 0 Å². The fraction of sp³-hybridized carbons (Fsp3) is 0.950. The zero-order chi connectivity index (χ0) is 18.1. The van der Waals surface area contributed by atoms with Crippen molar-refractivity contribution in [1.82, 2.24) is 0 Å².